The number of rotatable bonds is 2. The van der Waals surface area contributed by atoms with Gasteiger partial charge in [-0.15, -0.1) is 0 Å². The van der Waals surface area contributed by atoms with Crippen LogP contribution in [-0.4, -0.2) is 22.2 Å². The predicted molar refractivity (Wildman–Crippen MR) is 92.3 cm³/mol. The molecule has 2 rings (SSSR count). The van der Waals surface area contributed by atoms with Crippen LogP contribution in [-0.2, 0) is 21.5 Å². The molecule has 1 aromatic heterocycles. The van der Waals surface area contributed by atoms with E-state index >= 15 is 0 Å². The summed E-state index contributed by atoms with van der Waals surface area (Å²) in [5, 5.41) is 0. The topological polar surface area (TPSA) is 68.6 Å². The third-order valence-electron chi connectivity index (χ3n) is 3.77. The van der Waals surface area contributed by atoms with Crippen molar-refractivity contribution in [3.8, 4) is 0 Å². The number of ether oxygens (including phenoxy) is 1. The zero-order valence-corrected chi connectivity index (χ0v) is 15.1. The fourth-order valence-electron chi connectivity index (χ4n) is 2.65. The van der Waals surface area contributed by atoms with Gasteiger partial charge in [-0.2, -0.15) is 0 Å². The number of nitrogens with zero attached hydrogens (tertiary/aromatic N) is 2. The summed E-state index contributed by atoms with van der Waals surface area (Å²) >= 11 is 0. The molecule has 0 radical (unpaired) electrons. The Labute approximate surface area is 141 Å². The van der Waals surface area contributed by atoms with Crippen LogP contribution in [0.1, 0.15) is 47.1 Å². The molecule has 1 aliphatic heterocycles. The molecule has 0 N–H and O–H groups in total. The normalized spacial score (nSPS) is 16.1. The molecule has 2 heterocycles. The van der Waals surface area contributed by atoms with Crippen molar-refractivity contribution in [1.29, 1.82) is 0 Å². The minimum absolute atomic E-state index is 0.233. The zero-order valence-electron chi connectivity index (χ0n) is 15.1. The summed E-state index contributed by atoms with van der Waals surface area (Å²) in [5.74, 6) is -0.403. The van der Waals surface area contributed by atoms with Crippen molar-refractivity contribution >= 4 is 17.7 Å². The quantitative estimate of drug-likeness (QED) is 0.781. The van der Waals surface area contributed by atoms with Gasteiger partial charge in [-0.25, -0.2) is 9.69 Å². The van der Waals surface area contributed by atoms with Crippen LogP contribution in [0.15, 0.2) is 29.2 Å². The first-order valence-electron chi connectivity index (χ1n) is 7.81. The van der Waals surface area contributed by atoms with Gasteiger partial charge < -0.3 is 9.30 Å². The van der Waals surface area contributed by atoms with E-state index in [2.05, 4.69) is 6.58 Å². The van der Waals surface area contributed by atoms with Crippen LogP contribution in [0.4, 0.5) is 10.5 Å². The molecule has 2 amide bonds. The van der Waals surface area contributed by atoms with E-state index in [0.29, 0.717) is 17.8 Å². The van der Waals surface area contributed by atoms with E-state index in [1.54, 1.807) is 41.5 Å². The van der Waals surface area contributed by atoms with E-state index in [0.717, 1.165) is 10.5 Å². The molecule has 130 valence electrons. The summed E-state index contributed by atoms with van der Waals surface area (Å²) in [4.78, 5) is 38.6. The fourth-order valence-corrected chi connectivity index (χ4v) is 2.65. The summed E-state index contributed by atoms with van der Waals surface area (Å²) in [6.45, 7) is 14.5. The van der Waals surface area contributed by atoms with Gasteiger partial charge in [-0.3, -0.25) is 9.59 Å². The molecule has 24 heavy (non-hydrogen) atoms. The van der Waals surface area contributed by atoms with Gasteiger partial charge in [0.15, 0.2) is 0 Å². The summed E-state index contributed by atoms with van der Waals surface area (Å²) < 4.78 is 6.79. The van der Waals surface area contributed by atoms with Crippen LogP contribution in [0.3, 0.4) is 0 Å². The Morgan fingerprint density at radius 2 is 1.88 bits per heavy atom. The van der Waals surface area contributed by atoms with Crippen LogP contribution in [0.25, 0.3) is 0 Å². The van der Waals surface area contributed by atoms with Crippen molar-refractivity contribution in [1.82, 2.24) is 4.57 Å². The maximum absolute atomic E-state index is 12.8. The molecular formula is C18H24N2O4. The Kier molecular flexibility index (Phi) is 4.20. The number of carbonyl (C=O) groups excluding carboxylic acids is 2. The Morgan fingerprint density at radius 3 is 2.38 bits per heavy atom. The number of amides is 2. The molecule has 6 nitrogen and oxygen atoms in total. The van der Waals surface area contributed by atoms with Crippen molar-refractivity contribution in [3.63, 3.8) is 0 Å². The van der Waals surface area contributed by atoms with E-state index in [1.165, 1.54) is 16.8 Å². The van der Waals surface area contributed by atoms with Crippen LogP contribution in [0, 0.1) is 0 Å². The highest BCUT2D eigenvalue weighted by Gasteiger charge is 2.48. The zero-order chi connectivity index (χ0) is 18.4. The standard InChI is InChI=1S/C18H24N2O4/c1-11(2)9-19-10-13-12(8-14(19)21)18(6,7)15(22)20(13)16(23)24-17(3,4)5/h8,10H,1,9H2,2-7H3. The Hall–Kier alpha value is -2.37. The molecule has 0 saturated heterocycles. The average Bonchev–Trinajstić information content (AvgIpc) is 2.56. The largest absolute Gasteiger partial charge is 0.443 e. The minimum atomic E-state index is -0.965. The highest BCUT2D eigenvalue weighted by Crippen LogP contribution is 2.41. The number of hydrogen-bond donors (Lipinski definition) is 0. The second kappa shape index (κ2) is 5.61. The molecule has 0 aromatic carbocycles. The van der Waals surface area contributed by atoms with Gasteiger partial charge in [-0.1, -0.05) is 12.2 Å². The molecule has 1 aliphatic rings. The van der Waals surface area contributed by atoms with Crippen molar-refractivity contribution < 1.29 is 14.3 Å². The summed E-state index contributed by atoms with van der Waals surface area (Å²) in [7, 11) is 0. The second-order valence-electron chi connectivity index (χ2n) is 7.74. The monoisotopic (exact) mass is 332 g/mol. The highest BCUT2D eigenvalue weighted by atomic mass is 16.6. The maximum Gasteiger partial charge on any atom is 0.421 e. The third-order valence-corrected chi connectivity index (χ3v) is 3.77. The van der Waals surface area contributed by atoms with Crippen molar-refractivity contribution in [2.24, 2.45) is 0 Å². The lowest BCUT2D eigenvalue weighted by Crippen LogP contribution is -2.43. The SMILES string of the molecule is C=C(C)Cn1cc2c(cc1=O)C(C)(C)C(=O)N2C(=O)OC(C)(C)C. The molecule has 1 aromatic rings. The lowest BCUT2D eigenvalue weighted by atomic mass is 9.87. The summed E-state index contributed by atoms with van der Waals surface area (Å²) in [6.07, 6.45) is 0.794. The summed E-state index contributed by atoms with van der Waals surface area (Å²) in [5.41, 5.74) is -0.209. The van der Waals surface area contributed by atoms with Crippen LogP contribution >= 0.6 is 0 Å². The number of allylic oxidation sites excluding steroid dienone is 1. The molecule has 6 heteroatoms. The van der Waals surface area contributed by atoms with E-state index in [9.17, 15) is 14.4 Å². The van der Waals surface area contributed by atoms with Gasteiger partial charge >= 0.3 is 6.09 Å². The Balaban J connectivity index is 2.58. The molecule has 0 aliphatic carbocycles. The number of hydrogen-bond acceptors (Lipinski definition) is 4. The van der Waals surface area contributed by atoms with Gasteiger partial charge in [0.25, 0.3) is 5.56 Å². The molecule has 0 atom stereocenters. The number of carbonyl (C=O) groups is 2. The number of pyridine rings is 1. The first-order valence-corrected chi connectivity index (χ1v) is 7.81. The van der Waals surface area contributed by atoms with E-state index in [4.69, 9.17) is 4.74 Å². The molecule has 0 spiro atoms. The van der Waals surface area contributed by atoms with Crippen molar-refractivity contribution in [3.05, 3.63) is 40.3 Å². The van der Waals surface area contributed by atoms with Crippen molar-refractivity contribution in [2.75, 3.05) is 4.90 Å². The van der Waals surface area contributed by atoms with Crippen molar-refractivity contribution in [2.45, 2.75) is 59.1 Å². The van der Waals surface area contributed by atoms with Gasteiger partial charge in [0.2, 0.25) is 5.91 Å². The van der Waals surface area contributed by atoms with Gasteiger partial charge in [0.1, 0.15) is 5.60 Å². The molecular weight excluding hydrogens is 308 g/mol. The van der Waals surface area contributed by atoms with Crippen LogP contribution in [0.5, 0.6) is 0 Å². The summed E-state index contributed by atoms with van der Waals surface area (Å²) in [6, 6.07) is 1.42. The second-order valence-corrected chi connectivity index (χ2v) is 7.74. The van der Waals surface area contributed by atoms with E-state index < -0.39 is 23.0 Å². The first-order chi connectivity index (χ1) is 10.8. The Bertz CT molecular complexity index is 781. The third kappa shape index (κ3) is 3.13. The lowest BCUT2D eigenvalue weighted by molar-refractivity contribution is -0.121. The smallest absolute Gasteiger partial charge is 0.421 e. The number of aromatic nitrogens is 1. The fraction of sp³-hybridized carbons (Fsp3) is 0.500. The van der Waals surface area contributed by atoms with E-state index in [-0.39, 0.29) is 5.56 Å². The average molecular weight is 332 g/mol. The Morgan fingerprint density at radius 1 is 1.29 bits per heavy atom. The van der Waals surface area contributed by atoms with Crippen LogP contribution in [0.2, 0.25) is 0 Å². The highest BCUT2D eigenvalue weighted by molar-refractivity contribution is 6.20. The molecule has 0 bridgehead atoms. The molecule has 0 unspecified atom stereocenters. The lowest BCUT2D eigenvalue weighted by Gasteiger charge is -2.24. The first kappa shape index (κ1) is 18.0. The van der Waals surface area contributed by atoms with Crippen LogP contribution < -0.4 is 10.5 Å². The number of anilines is 1. The number of fused-ring (bicyclic) bond motifs is 1. The van der Waals surface area contributed by atoms with Gasteiger partial charge in [-0.05, 0) is 47.1 Å². The molecule has 0 saturated carbocycles. The van der Waals surface area contributed by atoms with Gasteiger partial charge in [0.05, 0.1) is 11.1 Å². The molecule has 0 fully saturated rings. The van der Waals surface area contributed by atoms with Gasteiger partial charge in [0, 0.05) is 18.8 Å². The van der Waals surface area contributed by atoms with E-state index in [1.807, 2.05) is 0 Å². The maximum atomic E-state index is 12.8. The number of imide groups is 1. The minimum Gasteiger partial charge on any atom is -0.443 e. The predicted octanol–water partition coefficient (Wildman–Crippen LogP) is 2.98.